The van der Waals surface area contributed by atoms with Gasteiger partial charge in [-0.2, -0.15) is 0 Å². The number of rotatable bonds is 4. The quantitative estimate of drug-likeness (QED) is 0.809. The summed E-state index contributed by atoms with van der Waals surface area (Å²) in [5, 5.41) is 2.57. The second kappa shape index (κ2) is 5.56. The number of amides is 1. The Morgan fingerprint density at radius 3 is 2.93 bits per heavy atom. The molecule has 1 rings (SSSR count). The maximum atomic E-state index is 12.8. The van der Waals surface area contributed by atoms with E-state index in [0.717, 1.165) is 0 Å². The van der Waals surface area contributed by atoms with Crippen molar-refractivity contribution in [3.63, 3.8) is 0 Å². The van der Waals surface area contributed by atoms with Gasteiger partial charge in [0.2, 0.25) is 5.91 Å². The molecule has 0 radical (unpaired) electrons. The van der Waals surface area contributed by atoms with Crippen LogP contribution in [0.4, 0.5) is 10.1 Å². The lowest BCUT2D eigenvalue weighted by Gasteiger charge is -2.09. The monoisotopic (exact) mass is 231 g/mol. The maximum absolute atomic E-state index is 12.8. The molecule has 0 aromatic heterocycles. The number of carbonyl (C=O) groups is 1. The molecule has 1 N–H and O–H groups in total. The molecule has 3 nitrogen and oxygen atoms in total. The van der Waals surface area contributed by atoms with Crippen LogP contribution in [0, 0.1) is 5.82 Å². The molecule has 0 bridgehead atoms. The van der Waals surface area contributed by atoms with Crippen LogP contribution in [-0.2, 0) is 4.79 Å². The van der Waals surface area contributed by atoms with Gasteiger partial charge in [0.25, 0.3) is 0 Å². The number of halogens is 2. The molecule has 0 aliphatic heterocycles. The average Bonchev–Trinajstić information content (AvgIpc) is 2.21. The van der Waals surface area contributed by atoms with Gasteiger partial charge < -0.3 is 10.1 Å². The molecule has 0 aliphatic rings. The Kier molecular flexibility index (Phi) is 4.37. The van der Waals surface area contributed by atoms with Gasteiger partial charge >= 0.3 is 0 Å². The normalized spacial score (nSPS) is 9.80. The smallest absolute Gasteiger partial charge is 0.225 e. The highest BCUT2D eigenvalue weighted by Crippen LogP contribution is 2.24. The number of hydrogen-bond acceptors (Lipinski definition) is 2. The van der Waals surface area contributed by atoms with Crippen molar-refractivity contribution in [3.05, 3.63) is 24.0 Å². The van der Waals surface area contributed by atoms with Crippen molar-refractivity contribution >= 4 is 23.2 Å². The second-order valence-electron chi connectivity index (χ2n) is 2.83. The van der Waals surface area contributed by atoms with Gasteiger partial charge in [0.1, 0.15) is 11.6 Å². The van der Waals surface area contributed by atoms with Crippen molar-refractivity contribution in [2.75, 3.05) is 18.3 Å². The maximum Gasteiger partial charge on any atom is 0.225 e. The molecule has 0 fully saturated rings. The molecule has 0 saturated carbocycles. The Balaban J connectivity index is 2.80. The summed E-state index contributed by atoms with van der Waals surface area (Å²) in [5.74, 6) is -0.106. The Morgan fingerprint density at radius 2 is 2.33 bits per heavy atom. The Bertz CT molecular complexity index is 357. The Morgan fingerprint density at radius 1 is 1.60 bits per heavy atom. The number of anilines is 1. The van der Waals surface area contributed by atoms with Gasteiger partial charge in [-0.3, -0.25) is 4.79 Å². The summed E-state index contributed by atoms with van der Waals surface area (Å²) in [6.45, 7) is 0. The van der Waals surface area contributed by atoms with Crippen molar-refractivity contribution in [3.8, 4) is 5.75 Å². The SMILES string of the molecule is COc1cc(F)ccc1NC(=O)CCCl. The molecule has 1 amide bonds. The number of nitrogens with one attached hydrogen (secondary N) is 1. The van der Waals surface area contributed by atoms with E-state index in [1.807, 2.05) is 0 Å². The molecule has 0 atom stereocenters. The van der Waals surface area contributed by atoms with Crippen LogP contribution in [0.3, 0.4) is 0 Å². The second-order valence-corrected chi connectivity index (χ2v) is 3.21. The average molecular weight is 232 g/mol. The first-order chi connectivity index (χ1) is 7.17. The third kappa shape index (κ3) is 3.40. The molecule has 0 saturated heterocycles. The largest absolute Gasteiger partial charge is 0.494 e. The minimum atomic E-state index is -0.415. The van der Waals surface area contributed by atoms with Gasteiger partial charge in [-0.05, 0) is 12.1 Å². The summed E-state index contributed by atoms with van der Waals surface area (Å²) in [6.07, 6.45) is 0.210. The van der Waals surface area contributed by atoms with E-state index in [-0.39, 0.29) is 24.0 Å². The van der Waals surface area contributed by atoms with Gasteiger partial charge in [0.05, 0.1) is 12.8 Å². The van der Waals surface area contributed by atoms with Crippen molar-refractivity contribution in [2.24, 2.45) is 0 Å². The standard InChI is InChI=1S/C10H11ClFNO2/c1-15-9-6-7(12)2-3-8(9)13-10(14)4-5-11/h2-3,6H,4-5H2,1H3,(H,13,14). The number of methoxy groups -OCH3 is 1. The summed E-state index contributed by atoms with van der Waals surface area (Å²) in [6, 6.07) is 3.90. The first kappa shape index (κ1) is 11.8. The predicted molar refractivity (Wildman–Crippen MR) is 56.9 cm³/mol. The van der Waals surface area contributed by atoms with Gasteiger partial charge in [-0.15, -0.1) is 11.6 Å². The van der Waals surface area contributed by atoms with E-state index < -0.39 is 5.82 Å². The van der Waals surface area contributed by atoms with E-state index in [0.29, 0.717) is 5.69 Å². The van der Waals surface area contributed by atoms with E-state index in [4.69, 9.17) is 16.3 Å². The van der Waals surface area contributed by atoms with Crippen molar-refractivity contribution in [1.29, 1.82) is 0 Å². The van der Waals surface area contributed by atoms with Gasteiger partial charge in [-0.25, -0.2) is 4.39 Å². The van der Waals surface area contributed by atoms with Crippen molar-refractivity contribution in [1.82, 2.24) is 0 Å². The lowest BCUT2D eigenvalue weighted by Crippen LogP contribution is -2.12. The summed E-state index contributed by atoms with van der Waals surface area (Å²) in [7, 11) is 1.41. The van der Waals surface area contributed by atoms with E-state index in [2.05, 4.69) is 5.32 Å². The number of alkyl halides is 1. The summed E-state index contributed by atoms with van der Waals surface area (Å²) >= 11 is 5.41. The summed E-state index contributed by atoms with van der Waals surface area (Å²) in [4.78, 5) is 11.2. The fourth-order valence-electron chi connectivity index (χ4n) is 1.07. The summed E-state index contributed by atoms with van der Waals surface area (Å²) < 4.78 is 17.7. The topological polar surface area (TPSA) is 38.3 Å². The van der Waals surface area contributed by atoms with Crippen LogP contribution in [0.25, 0.3) is 0 Å². The predicted octanol–water partition coefficient (Wildman–Crippen LogP) is 2.40. The molecule has 0 unspecified atom stereocenters. The van der Waals surface area contributed by atoms with Crippen LogP contribution in [-0.4, -0.2) is 18.9 Å². The van der Waals surface area contributed by atoms with Crippen LogP contribution in [0.5, 0.6) is 5.75 Å². The van der Waals surface area contributed by atoms with Crippen LogP contribution in [0.1, 0.15) is 6.42 Å². The van der Waals surface area contributed by atoms with E-state index >= 15 is 0 Å². The first-order valence-corrected chi connectivity index (χ1v) is 4.90. The van der Waals surface area contributed by atoms with Gasteiger partial charge in [-0.1, -0.05) is 0 Å². The molecule has 15 heavy (non-hydrogen) atoms. The van der Waals surface area contributed by atoms with E-state index in [1.165, 1.54) is 25.3 Å². The molecular formula is C10H11ClFNO2. The lowest BCUT2D eigenvalue weighted by atomic mass is 10.2. The molecule has 0 heterocycles. The lowest BCUT2D eigenvalue weighted by molar-refractivity contribution is -0.115. The molecule has 1 aromatic rings. The fourth-order valence-corrected chi connectivity index (χ4v) is 1.24. The Hall–Kier alpha value is -1.29. The third-order valence-electron chi connectivity index (χ3n) is 1.76. The third-order valence-corrected chi connectivity index (χ3v) is 1.95. The van der Waals surface area contributed by atoms with E-state index in [1.54, 1.807) is 0 Å². The molecule has 5 heteroatoms. The van der Waals surface area contributed by atoms with Crippen LogP contribution >= 0.6 is 11.6 Å². The highest BCUT2D eigenvalue weighted by atomic mass is 35.5. The van der Waals surface area contributed by atoms with Crippen molar-refractivity contribution < 1.29 is 13.9 Å². The van der Waals surface area contributed by atoms with E-state index in [9.17, 15) is 9.18 Å². The minimum absolute atomic E-state index is 0.210. The molecular weight excluding hydrogens is 221 g/mol. The number of ether oxygens (including phenoxy) is 1. The summed E-state index contributed by atoms with van der Waals surface area (Å²) in [5.41, 5.74) is 0.439. The molecule has 0 spiro atoms. The molecule has 1 aromatic carbocycles. The molecule has 0 aliphatic carbocycles. The number of benzene rings is 1. The number of hydrogen-bond donors (Lipinski definition) is 1. The zero-order chi connectivity index (χ0) is 11.3. The number of carbonyl (C=O) groups excluding carboxylic acids is 1. The van der Waals surface area contributed by atoms with Crippen molar-refractivity contribution in [2.45, 2.75) is 6.42 Å². The fraction of sp³-hybridized carbons (Fsp3) is 0.300. The van der Waals surface area contributed by atoms with Gasteiger partial charge in [0, 0.05) is 18.4 Å². The van der Waals surface area contributed by atoms with Crippen LogP contribution in [0.15, 0.2) is 18.2 Å². The highest BCUT2D eigenvalue weighted by Gasteiger charge is 2.07. The zero-order valence-corrected chi connectivity index (χ0v) is 8.97. The molecule has 82 valence electrons. The zero-order valence-electron chi connectivity index (χ0n) is 8.22. The van der Waals surface area contributed by atoms with Crippen LogP contribution in [0.2, 0.25) is 0 Å². The van der Waals surface area contributed by atoms with Gasteiger partial charge in [0.15, 0.2) is 0 Å². The first-order valence-electron chi connectivity index (χ1n) is 4.36. The Labute approximate surface area is 92.2 Å². The minimum Gasteiger partial charge on any atom is -0.494 e. The highest BCUT2D eigenvalue weighted by molar-refractivity contribution is 6.19. The van der Waals surface area contributed by atoms with Crippen LogP contribution < -0.4 is 10.1 Å².